The highest BCUT2D eigenvalue weighted by molar-refractivity contribution is 7.91. The van der Waals surface area contributed by atoms with E-state index in [4.69, 9.17) is 11.6 Å². The molecule has 2 aliphatic rings. The molecule has 1 aromatic rings. The average Bonchev–Trinajstić information content (AvgIpc) is 3.09. The number of carbonyl (C=O) groups excluding carboxylic acids is 1. The van der Waals surface area contributed by atoms with E-state index in [0.717, 1.165) is 37.0 Å². The molecule has 3 rings (SSSR count). The molecular formula is C18H27ClN2O3S2. The van der Waals surface area contributed by atoms with Gasteiger partial charge in [-0.1, -0.05) is 37.8 Å². The highest BCUT2D eigenvalue weighted by atomic mass is 35.5. The van der Waals surface area contributed by atoms with Crippen molar-refractivity contribution in [1.29, 1.82) is 0 Å². The number of sulfonamides is 1. The Labute approximate surface area is 165 Å². The van der Waals surface area contributed by atoms with Gasteiger partial charge >= 0.3 is 0 Å². The van der Waals surface area contributed by atoms with Crippen molar-refractivity contribution in [3.63, 3.8) is 0 Å². The van der Waals surface area contributed by atoms with E-state index in [0.29, 0.717) is 27.7 Å². The third-order valence-corrected chi connectivity index (χ3v) is 9.31. The van der Waals surface area contributed by atoms with Gasteiger partial charge in [0.05, 0.1) is 4.34 Å². The Morgan fingerprint density at radius 2 is 1.85 bits per heavy atom. The lowest BCUT2D eigenvalue weighted by molar-refractivity contribution is -0.127. The monoisotopic (exact) mass is 418 g/mol. The van der Waals surface area contributed by atoms with E-state index in [-0.39, 0.29) is 17.7 Å². The summed E-state index contributed by atoms with van der Waals surface area (Å²) in [5, 5.41) is 3.20. The summed E-state index contributed by atoms with van der Waals surface area (Å²) in [6.07, 6.45) is 7.27. The minimum Gasteiger partial charge on any atom is -0.353 e. The van der Waals surface area contributed by atoms with Gasteiger partial charge in [-0.15, -0.1) is 11.3 Å². The fourth-order valence-corrected chi connectivity index (χ4v) is 7.08. The van der Waals surface area contributed by atoms with Gasteiger partial charge in [0.2, 0.25) is 5.91 Å². The van der Waals surface area contributed by atoms with Crippen molar-refractivity contribution in [2.24, 2.45) is 11.8 Å². The predicted octanol–water partition coefficient (Wildman–Crippen LogP) is 3.89. The topological polar surface area (TPSA) is 66.5 Å². The van der Waals surface area contributed by atoms with Crippen molar-refractivity contribution < 1.29 is 13.2 Å². The molecule has 0 unspecified atom stereocenters. The molecule has 2 heterocycles. The minimum absolute atomic E-state index is 0.0713. The highest BCUT2D eigenvalue weighted by Gasteiger charge is 2.34. The van der Waals surface area contributed by atoms with Crippen molar-refractivity contribution in [3.8, 4) is 0 Å². The Morgan fingerprint density at radius 3 is 2.42 bits per heavy atom. The molecule has 1 aromatic heterocycles. The van der Waals surface area contributed by atoms with E-state index < -0.39 is 10.0 Å². The standard InChI is InChI=1S/C18H27ClN2O3S2/c1-13(18(22)20-15-5-3-2-4-6-15)14-9-11-21(12-10-14)26(23,24)17-8-7-16(19)25-17/h7-8,13-15H,2-6,9-12H2,1H3,(H,20,22)/t13-/m0/s1. The number of halogens is 1. The number of amides is 1. The quantitative estimate of drug-likeness (QED) is 0.788. The van der Waals surface area contributed by atoms with E-state index in [1.165, 1.54) is 23.6 Å². The van der Waals surface area contributed by atoms with Crippen molar-refractivity contribution in [2.75, 3.05) is 13.1 Å². The van der Waals surface area contributed by atoms with Crippen LogP contribution in [-0.2, 0) is 14.8 Å². The van der Waals surface area contributed by atoms with Crippen LogP contribution in [0.25, 0.3) is 0 Å². The molecule has 1 saturated heterocycles. The molecule has 1 atom stereocenters. The molecule has 0 bridgehead atoms. The van der Waals surface area contributed by atoms with Crippen LogP contribution in [0.2, 0.25) is 4.34 Å². The van der Waals surface area contributed by atoms with Gasteiger partial charge in [0.15, 0.2) is 0 Å². The molecule has 0 radical (unpaired) electrons. The van der Waals surface area contributed by atoms with E-state index in [2.05, 4.69) is 5.32 Å². The fourth-order valence-electron chi connectivity index (χ4n) is 3.97. The normalized spacial score (nSPS) is 22.2. The van der Waals surface area contributed by atoms with E-state index >= 15 is 0 Å². The van der Waals surface area contributed by atoms with E-state index in [9.17, 15) is 13.2 Å². The second kappa shape index (κ2) is 8.59. The Balaban J connectivity index is 1.53. The largest absolute Gasteiger partial charge is 0.353 e. The molecule has 1 saturated carbocycles. The summed E-state index contributed by atoms with van der Waals surface area (Å²) in [5.74, 6) is 0.290. The summed E-state index contributed by atoms with van der Waals surface area (Å²) in [5.41, 5.74) is 0. The number of nitrogens with one attached hydrogen (secondary N) is 1. The first-order valence-electron chi connectivity index (χ1n) is 9.44. The highest BCUT2D eigenvalue weighted by Crippen LogP contribution is 2.32. The Kier molecular flexibility index (Phi) is 6.64. The third-order valence-electron chi connectivity index (χ3n) is 5.71. The first kappa shape index (κ1) is 20.1. The van der Waals surface area contributed by atoms with Gasteiger partial charge in [-0.25, -0.2) is 8.42 Å². The average molecular weight is 419 g/mol. The molecule has 5 nitrogen and oxygen atoms in total. The molecule has 2 fully saturated rings. The van der Waals surface area contributed by atoms with Crippen LogP contribution in [0.1, 0.15) is 51.9 Å². The predicted molar refractivity (Wildman–Crippen MR) is 105 cm³/mol. The zero-order valence-corrected chi connectivity index (χ0v) is 17.5. The van der Waals surface area contributed by atoms with Crippen LogP contribution in [0.15, 0.2) is 16.3 Å². The van der Waals surface area contributed by atoms with Crippen molar-refractivity contribution in [2.45, 2.75) is 62.1 Å². The van der Waals surface area contributed by atoms with E-state index in [1.807, 2.05) is 6.92 Å². The first-order chi connectivity index (χ1) is 12.4. The first-order valence-corrected chi connectivity index (χ1v) is 12.1. The van der Waals surface area contributed by atoms with Gasteiger partial charge in [0.25, 0.3) is 10.0 Å². The molecule has 0 spiro atoms. The molecule has 0 aromatic carbocycles. The molecular weight excluding hydrogens is 392 g/mol. The van der Waals surface area contributed by atoms with Gasteiger partial charge < -0.3 is 5.32 Å². The summed E-state index contributed by atoms with van der Waals surface area (Å²) >= 11 is 6.97. The summed E-state index contributed by atoms with van der Waals surface area (Å²) in [4.78, 5) is 12.6. The number of thiophene rings is 1. The van der Waals surface area contributed by atoms with Gasteiger partial charge in [-0.3, -0.25) is 4.79 Å². The summed E-state index contributed by atoms with van der Waals surface area (Å²) in [7, 11) is -3.47. The number of hydrogen-bond acceptors (Lipinski definition) is 4. The molecule has 8 heteroatoms. The SMILES string of the molecule is C[C@H](C(=O)NC1CCCCC1)C1CCN(S(=O)(=O)c2ccc(Cl)s2)CC1. The van der Waals surface area contributed by atoms with Crippen LogP contribution in [-0.4, -0.2) is 37.8 Å². The zero-order chi connectivity index (χ0) is 18.7. The van der Waals surface area contributed by atoms with Crippen LogP contribution >= 0.6 is 22.9 Å². The summed E-state index contributed by atoms with van der Waals surface area (Å²) in [6.45, 7) is 2.90. The Hall–Kier alpha value is -0.630. The lowest BCUT2D eigenvalue weighted by Gasteiger charge is -2.34. The smallest absolute Gasteiger partial charge is 0.252 e. The third kappa shape index (κ3) is 4.61. The van der Waals surface area contributed by atoms with Gasteiger partial charge in [-0.05, 0) is 43.7 Å². The van der Waals surface area contributed by atoms with Crippen molar-refractivity contribution in [1.82, 2.24) is 9.62 Å². The minimum atomic E-state index is -3.47. The molecule has 1 N–H and O–H groups in total. The molecule has 1 aliphatic heterocycles. The number of piperidine rings is 1. The maximum Gasteiger partial charge on any atom is 0.252 e. The molecule has 1 aliphatic carbocycles. The number of carbonyl (C=O) groups is 1. The zero-order valence-electron chi connectivity index (χ0n) is 15.1. The van der Waals surface area contributed by atoms with Gasteiger partial charge in [0.1, 0.15) is 4.21 Å². The molecule has 146 valence electrons. The fraction of sp³-hybridized carbons (Fsp3) is 0.722. The van der Waals surface area contributed by atoms with Crippen LogP contribution < -0.4 is 5.32 Å². The van der Waals surface area contributed by atoms with Gasteiger partial charge in [-0.2, -0.15) is 4.31 Å². The number of nitrogens with zero attached hydrogens (tertiary/aromatic N) is 1. The number of hydrogen-bond donors (Lipinski definition) is 1. The number of rotatable bonds is 5. The van der Waals surface area contributed by atoms with Crippen LogP contribution in [0.4, 0.5) is 0 Å². The second-order valence-corrected chi connectivity index (χ2v) is 11.3. The second-order valence-electron chi connectivity index (χ2n) is 7.43. The molecule has 26 heavy (non-hydrogen) atoms. The lowest BCUT2D eigenvalue weighted by atomic mass is 9.85. The maximum atomic E-state index is 12.7. The van der Waals surface area contributed by atoms with Crippen molar-refractivity contribution >= 4 is 38.9 Å². The Morgan fingerprint density at radius 1 is 1.19 bits per heavy atom. The van der Waals surface area contributed by atoms with Crippen molar-refractivity contribution in [3.05, 3.63) is 16.5 Å². The van der Waals surface area contributed by atoms with E-state index in [1.54, 1.807) is 12.1 Å². The Bertz CT molecular complexity index is 721. The molecule has 1 amide bonds. The van der Waals surface area contributed by atoms with Crippen LogP contribution in [0.3, 0.4) is 0 Å². The summed E-state index contributed by atoms with van der Waals surface area (Å²) in [6, 6.07) is 3.50. The maximum absolute atomic E-state index is 12.7. The van der Waals surface area contributed by atoms with Crippen LogP contribution in [0, 0.1) is 11.8 Å². The lowest BCUT2D eigenvalue weighted by Crippen LogP contribution is -2.45. The summed E-state index contributed by atoms with van der Waals surface area (Å²) < 4.78 is 27.6. The van der Waals surface area contributed by atoms with Gasteiger partial charge in [0, 0.05) is 25.0 Å². The van der Waals surface area contributed by atoms with Crippen LogP contribution in [0.5, 0.6) is 0 Å².